The lowest BCUT2D eigenvalue weighted by Crippen LogP contribution is -2.06. The number of hydrogen-bond acceptors (Lipinski definition) is 2. The Morgan fingerprint density at radius 1 is 1.32 bits per heavy atom. The van der Waals surface area contributed by atoms with Gasteiger partial charge in [-0.2, -0.15) is 5.26 Å². The predicted octanol–water partition coefficient (Wildman–Crippen LogP) is 3.09. The smallest absolute Gasteiger partial charge is 0.166 e. The molecule has 19 heavy (non-hydrogen) atoms. The topological polar surface area (TPSA) is 45.8 Å². The highest BCUT2D eigenvalue weighted by atomic mass is 16.1. The zero-order valence-electron chi connectivity index (χ0n) is 11.2. The molecule has 1 aromatic carbocycles. The molecule has 0 aliphatic heterocycles. The Morgan fingerprint density at radius 2 is 2.00 bits per heavy atom. The van der Waals surface area contributed by atoms with Crippen LogP contribution in [0.25, 0.3) is 0 Å². The molecule has 0 unspecified atom stereocenters. The maximum Gasteiger partial charge on any atom is 0.166 e. The van der Waals surface area contributed by atoms with Crippen LogP contribution in [0.2, 0.25) is 0 Å². The van der Waals surface area contributed by atoms with Gasteiger partial charge < -0.3 is 4.57 Å². The monoisotopic (exact) mass is 252 g/mol. The molecule has 0 saturated heterocycles. The highest BCUT2D eigenvalue weighted by molar-refractivity contribution is 5.75. The third-order valence-electron chi connectivity index (χ3n) is 3.34. The maximum atomic E-state index is 11.2. The maximum absolute atomic E-state index is 11.2. The van der Waals surface area contributed by atoms with Crippen LogP contribution in [0.3, 0.4) is 0 Å². The summed E-state index contributed by atoms with van der Waals surface area (Å²) in [6, 6.07) is 11.6. The Morgan fingerprint density at radius 3 is 2.53 bits per heavy atom. The SMILES string of the molecule is CCc1cc(C)n(Cc2ccc(C#N)cc2)c1C=O. The van der Waals surface area contributed by atoms with E-state index in [1.165, 1.54) is 0 Å². The normalized spacial score (nSPS) is 10.2. The molecule has 3 nitrogen and oxygen atoms in total. The van der Waals surface area contributed by atoms with Gasteiger partial charge in [0, 0.05) is 12.2 Å². The standard InChI is InChI=1S/C16H16N2O/c1-3-15-8-12(2)18(16(15)11-19)10-14-6-4-13(9-17)5-7-14/h4-8,11H,3,10H2,1-2H3. The summed E-state index contributed by atoms with van der Waals surface area (Å²) < 4.78 is 2.02. The molecule has 0 aliphatic rings. The van der Waals surface area contributed by atoms with Gasteiger partial charge in [0.1, 0.15) is 0 Å². The van der Waals surface area contributed by atoms with Gasteiger partial charge in [-0.05, 0) is 42.7 Å². The number of nitriles is 1. The van der Waals surface area contributed by atoms with Crippen LogP contribution in [-0.2, 0) is 13.0 Å². The molecule has 0 amide bonds. The summed E-state index contributed by atoms with van der Waals surface area (Å²) in [5, 5.41) is 8.78. The summed E-state index contributed by atoms with van der Waals surface area (Å²) in [7, 11) is 0. The molecule has 1 aromatic heterocycles. The summed E-state index contributed by atoms with van der Waals surface area (Å²) in [5.74, 6) is 0. The lowest BCUT2D eigenvalue weighted by Gasteiger charge is -2.09. The molecule has 0 atom stereocenters. The second-order valence-electron chi connectivity index (χ2n) is 4.56. The van der Waals surface area contributed by atoms with Crippen molar-refractivity contribution in [3.05, 3.63) is 58.4 Å². The van der Waals surface area contributed by atoms with Gasteiger partial charge in [-0.3, -0.25) is 4.79 Å². The third-order valence-corrected chi connectivity index (χ3v) is 3.34. The van der Waals surface area contributed by atoms with Crippen LogP contribution < -0.4 is 0 Å². The van der Waals surface area contributed by atoms with E-state index in [0.717, 1.165) is 35.2 Å². The van der Waals surface area contributed by atoms with Crippen molar-refractivity contribution < 1.29 is 4.79 Å². The average molecular weight is 252 g/mol. The van der Waals surface area contributed by atoms with Crippen molar-refractivity contribution in [3.63, 3.8) is 0 Å². The summed E-state index contributed by atoms with van der Waals surface area (Å²) >= 11 is 0. The Bertz CT molecular complexity index is 630. The first-order valence-electron chi connectivity index (χ1n) is 6.32. The summed E-state index contributed by atoms with van der Waals surface area (Å²) in [4.78, 5) is 11.2. The van der Waals surface area contributed by atoms with Crippen molar-refractivity contribution in [2.45, 2.75) is 26.8 Å². The van der Waals surface area contributed by atoms with Crippen molar-refractivity contribution in [1.82, 2.24) is 4.57 Å². The minimum atomic E-state index is 0.651. The number of carbonyl (C=O) groups is 1. The molecule has 0 spiro atoms. The first kappa shape index (κ1) is 13.1. The van der Waals surface area contributed by atoms with Gasteiger partial charge in [-0.15, -0.1) is 0 Å². The molecule has 3 heteroatoms. The fourth-order valence-electron chi connectivity index (χ4n) is 2.27. The van der Waals surface area contributed by atoms with Crippen LogP contribution in [0.15, 0.2) is 30.3 Å². The van der Waals surface area contributed by atoms with Gasteiger partial charge in [0.25, 0.3) is 0 Å². The molecule has 0 fully saturated rings. The number of aldehydes is 1. The van der Waals surface area contributed by atoms with E-state index in [0.29, 0.717) is 12.1 Å². The van der Waals surface area contributed by atoms with E-state index in [9.17, 15) is 4.79 Å². The second-order valence-corrected chi connectivity index (χ2v) is 4.56. The summed E-state index contributed by atoms with van der Waals surface area (Å²) in [5.41, 5.74) is 4.66. The minimum absolute atomic E-state index is 0.651. The lowest BCUT2D eigenvalue weighted by atomic mass is 10.1. The van der Waals surface area contributed by atoms with Gasteiger partial charge in [0.15, 0.2) is 6.29 Å². The van der Waals surface area contributed by atoms with Crippen LogP contribution in [-0.4, -0.2) is 10.9 Å². The van der Waals surface area contributed by atoms with Crippen molar-refractivity contribution in [3.8, 4) is 6.07 Å². The minimum Gasteiger partial charge on any atom is -0.338 e. The van der Waals surface area contributed by atoms with Gasteiger partial charge in [0.05, 0.1) is 17.3 Å². The Hall–Kier alpha value is -2.34. The highest BCUT2D eigenvalue weighted by Gasteiger charge is 2.11. The summed E-state index contributed by atoms with van der Waals surface area (Å²) in [6.07, 6.45) is 1.78. The molecule has 0 radical (unpaired) electrons. The number of aromatic nitrogens is 1. The Kier molecular flexibility index (Phi) is 3.82. The molecule has 0 saturated carbocycles. The van der Waals surface area contributed by atoms with Crippen LogP contribution in [0.1, 0.15) is 39.8 Å². The van der Waals surface area contributed by atoms with Crippen LogP contribution in [0.5, 0.6) is 0 Å². The molecular weight excluding hydrogens is 236 g/mol. The zero-order valence-corrected chi connectivity index (χ0v) is 11.2. The lowest BCUT2D eigenvalue weighted by molar-refractivity contribution is 0.111. The Balaban J connectivity index is 2.34. The largest absolute Gasteiger partial charge is 0.338 e. The van der Waals surface area contributed by atoms with Gasteiger partial charge >= 0.3 is 0 Å². The Labute approximate surface area is 113 Å². The molecule has 0 N–H and O–H groups in total. The van der Waals surface area contributed by atoms with Gasteiger partial charge in [-0.25, -0.2) is 0 Å². The fourth-order valence-corrected chi connectivity index (χ4v) is 2.27. The predicted molar refractivity (Wildman–Crippen MR) is 74.2 cm³/mol. The number of carbonyl (C=O) groups excluding carboxylic acids is 1. The molecule has 2 aromatic rings. The number of rotatable bonds is 4. The van der Waals surface area contributed by atoms with E-state index in [1.807, 2.05) is 30.5 Å². The molecule has 1 heterocycles. The fraction of sp³-hybridized carbons (Fsp3) is 0.250. The molecule has 2 rings (SSSR count). The number of hydrogen-bond donors (Lipinski definition) is 0. The first-order chi connectivity index (χ1) is 9.19. The van der Waals surface area contributed by atoms with Crippen LogP contribution in [0, 0.1) is 18.3 Å². The van der Waals surface area contributed by atoms with E-state index in [-0.39, 0.29) is 0 Å². The number of benzene rings is 1. The second kappa shape index (κ2) is 5.53. The zero-order chi connectivity index (χ0) is 13.8. The quantitative estimate of drug-likeness (QED) is 0.785. The third kappa shape index (κ3) is 2.58. The van der Waals surface area contributed by atoms with E-state index in [4.69, 9.17) is 5.26 Å². The molecule has 0 aliphatic carbocycles. The van der Waals surface area contributed by atoms with Crippen molar-refractivity contribution in [1.29, 1.82) is 5.26 Å². The van der Waals surface area contributed by atoms with Crippen molar-refractivity contribution >= 4 is 6.29 Å². The average Bonchev–Trinajstić information content (AvgIpc) is 2.75. The molecular formula is C16H16N2O. The van der Waals surface area contributed by atoms with E-state index in [2.05, 4.69) is 12.1 Å². The molecule has 0 bridgehead atoms. The van der Waals surface area contributed by atoms with Gasteiger partial charge in [-0.1, -0.05) is 19.1 Å². The van der Waals surface area contributed by atoms with Crippen molar-refractivity contribution in [2.75, 3.05) is 0 Å². The van der Waals surface area contributed by atoms with Crippen LogP contribution in [0.4, 0.5) is 0 Å². The first-order valence-corrected chi connectivity index (χ1v) is 6.32. The number of aryl methyl sites for hydroxylation is 2. The highest BCUT2D eigenvalue weighted by Crippen LogP contribution is 2.17. The molecule has 96 valence electrons. The van der Waals surface area contributed by atoms with E-state index < -0.39 is 0 Å². The van der Waals surface area contributed by atoms with Crippen LogP contribution >= 0.6 is 0 Å². The summed E-state index contributed by atoms with van der Waals surface area (Å²) in [6.45, 7) is 4.72. The van der Waals surface area contributed by atoms with Crippen molar-refractivity contribution in [2.24, 2.45) is 0 Å². The van der Waals surface area contributed by atoms with Gasteiger partial charge in [0.2, 0.25) is 0 Å². The van der Waals surface area contributed by atoms with E-state index in [1.54, 1.807) is 12.1 Å². The number of nitrogens with zero attached hydrogens (tertiary/aromatic N) is 2. The van der Waals surface area contributed by atoms with E-state index >= 15 is 0 Å².